The zero-order chi connectivity index (χ0) is 14.7. The van der Waals surface area contributed by atoms with Crippen molar-refractivity contribution in [2.24, 2.45) is 0 Å². The van der Waals surface area contributed by atoms with Gasteiger partial charge < -0.3 is 10.6 Å². The Bertz CT molecular complexity index is 621. The number of aromatic nitrogens is 2. The summed E-state index contributed by atoms with van der Waals surface area (Å²) in [6.07, 6.45) is 1.69. The van der Waals surface area contributed by atoms with Crippen LogP contribution in [0.2, 0.25) is 10.0 Å². The maximum atomic E-state index is 6.21. The highest BCUT2D eigenvalue weighted by molar-refractivity contribution is 9.10. The third-order valence-electron chi connectivity index (χ3n) is 2.75. The highest BCUT2D eigenvalue weighted by Gasteiger charge is 2.13. The molecule has 0 fully saturated rings. The molecule has 2 N–H and O–H groups in total. The molecule has 0 radical (unpaired) electrons. The van der Waals surface area contributed by atoms with E-state index in [1.54, 1.807) is 19.3 Å². The van der Waals surface area contributed by atoms with Gasteiger partial charge in [0.15, 0.2) is 0 Å². The minimum absolute atomic E-state index is 0.0179. The zero-order valence-corrected chi connectivity index (χ0v) is 14.0. The lowest BCUT2D eigenvalue weighted by molar-refractivity contribution is 0.870. The standard InChI is InChI=1S/C13H13BrCl2N4/c1-7(9-4-3-8(15)5-11(9)16)19-12-10(14)6-18-13(17-2)20-12/h3-7H,1-2H3,(H2,17,18,19,20). The number of halogens is 3. The first-order valence-corrected chi connectivity index (χ1v) is 7.48. The predicted octanol–water partition coefficient (Wildman–Crippen LogP) is 4.76. The Labute approximate surface area is 136 Å². The monoisotopic (exact) mass is 374 g/mol. The van der Waals surface area contributed by atoms with Crippen molar-refractivity contribution in [2.45, 2.75) is 13.0 Å². The Hall–Kier alpha value is -1.04. The molecule has 4 nitrogen and oxygen atoms in total. The number of hydrogen-bond donors (Lipinski definition) is 2. The average molecular weight is 376 g/mol. The Morgan fingerprint density at radius 1 is 1.30 bits per heavy atom. The van der Waals surface area contributed by atoms with Gasteiger partial charge in [-0.3, -0.25) is 0 Å². The van der Waals surface area contributed by atoms with E-state index in [4.69, 9.17) is 23.2 Å². The van der Waals surface area contributed by atoms with Crippen LogP contribution in [0.4, 0.5) is 11.8 Å². The number of nitrogens with zero attached hydrogens (tertiary/aromatic N) is 2. The molecule has 0 aliphatic carbocycles. The first-order chi connectivity index (χ1) is 9.51. The Kier molecular flexibility index (Phi) is 5.07. The van der Waals surface area contributed by atoms with Crippen LogP contribution in [0.3, 0.4) is 0 Å². The summed E-state index contributed by atoms with van der Waals surface area (Å²) in [7, 11) is 1.77. The van der Waals surface area contributed by atoms with Gasteiger partial charge >= 0.3 is 0 Å². The van der Waals surface area contributed by atoms with Crippen LogP contribution < -0.4 is 10.6 Å². The molecule has 106 valence electrons. The van der Waals surface area contributed by atoms with Crippen LogP contribution in [0, 0.1) is 0 Å². The molecule has 2 rings (SSSR count). The summed E-state index contributed by atoms with van der Waals surface area (Å²) in [5.74, 6) is 1.24. The molecule has 1 heterocycles. The van der Waals surface area contributed by atoms with E-state index in [1.165, 1.54) is 0 Å². The van der Waals surface area contributed by atoms with Crippen molar-refractivity contribution in [1.29, 1.82) is 0 Å². The maximum Gasteiger partial charge on any atom is 0.224 e. The van der Waals surface area contributed by atoms with Crippen molar-refractivity contribution in [1.82, 2.24) is 9.97 Å². The van der Waals surface area contributed by atoms with Gasteiger partial charge in [0.2, 0.25) is 5.95 Å². The van der Waals surface area contributed by atoms with Crippen LogP contribution in [0.5, 0.6) is 0 Å². The predicted molar refractivity (Wildman–Crippen MR) is 87.8 cm³/mol. The summed E-state index contributed by atoms with van der Waals surface area (Å²) in [6, 6.07) is 5.42. The van der Waals surface area contributed by atoms with Crippen molar-refractivity contribution in [3.05, 3.63) is 44.5 Å². The molecular weight excluding hydrogens is 363 g/mol. The quantitative estimate of drug-likeness (QED) is 0.808. The fourth-order valence-electron chi connectivity index (χ4n) is 1.72. The Morgan fingerprint density at radius 2 is 2.05 bits per heavy atom. The summed E-state index contributed by atoms with van der Waals surface area (Å²) >= 11 is 15.5. The largest absolute Gasteiger partial charge is 0.362 e. The van der Waals surface area contributed by atoms with Crippen molar-refractivity contribution >= 4 is 50.9 Å². The lowest BCUT2D eigenvalue weighted by Gasteiger charge is -2.17. The van der Waals surface area contributed by atoms with Crippen molar-refractivity contribution in [2.75, 3.05) is 17.7 Å². The summed E-state index contributed by atoms with van der Waals surface area (Å²) in [5, 5.41) is 7.43. The molecule has 0 saturated carbocycles. The van der Waals surface area contributed by atoms with Crippen molar-refractivity contribution in [3.8, 4) is 0 Å². The van der Waals surface area contributed by atoms with Crippen LogP contribution >= 0.6 is 39.1 Å². The third kappa shape index (κ3) is 3.53. The van der Waals surface area contributed by atoms with E-state index in [0.29, 0.717) is 21.8 Å². The average Bonchev–Trinajstić information content (AvgIpc) is 2.41. The number of rotatable bonds is 4. The van der Waals surface area contributed by atoms with Gasteiger partial charge in [0.25, 0.3) is 0 Å². The first-order valence-electron chi connectivity index (χ1n) is 5.93. The van der Waals surface area contributed by atoms with Crippen molar-refractivity contribution < 1.29 is 0 Å². The Balaban J connectivity index is 2.25. The van der Waals surface area contributed by atoms with E-state index in [-0.39, 0.29) is 6.04 Å². The summed E-state index contributed by atoms with van der Waals surface area (Å²) in [5.41, 5.74) is 0.951. The molecule has 1 unspecified atom stereocenters. The van der Waals surface area contributed by atoms with Crippen LogP contribution in [0.1, 0.15) is 18.5 Å². The van der Waals surface area contributed by atoms with Gasteiger partial charge in [-0.2, -0.15) is 4.98 Å². The van der Waals surface area contributed by atoms with E-state index < -0.39 is 0 Å². The second-order valence-electron chi connectivity index (χ2n) is 4.17. The SMILES string of the molecule is CNc1ncc(Br)c(NC(C)c2ccc(Cl)cc2Cl)n1. The molecule has 0 bridgehead atoms. The van der Waals surface area contributed by atoms with Crippen LogP contribution in [-0.4, -0.2) is 17.0 Å². The summed E-state index contributed by atoms with van der Waals surface area (Å²) in [6.45, 7) is 2.00. The van der Waals surface area contributed by atoms with Crippen LogP contribution in [-0.2, 0) is 0 Å². The number of anilines is 2. The molecule has 1 atom stereocenters. The molecule has 0 amide bonds. The third-order valence-corrected chi connectivity index (χ3v) is 3.89. The highest BCUT2D eigenvalue weighted by atomic mass is 79.9. The van der Waals surface area contributed by atoms with E-state index >= 15 is 0 Å². The minimum atomic E-state index is -0.0179. The van der Waals surface area contributed by atoms with E-state index in [0.717, 1.165) is 10.0 Å². The maximum absolute atomic E-state index is 6.21. The molecule has 0 saturated heterocycles. The normalized spacial score (nSPS) is 12.1. The molecule has 2 aromatic rings. The van der Waals surface area contributed by atoms with E-state index in [9.17, 15) is 0 Å². The fraction of sp³-hybridized carbons (Fsp3) is 0.231. The molecule has 0 aliphatic rings. The molecule has 1 aromatic carbocycles. The van der Waals surface area contributed by atoms with Gasteiger partial charge in [0.05, 0.1) is 10.5 Å². The topological polar surface area (TPSA) is 49.8 Å². The second-order valence-corrected chi connectivity index (χ2v) is 5.87. The lowest BCUT2D eigenvalue weighted by Crippen LogP contribution is -2.10. The number of nitrogens with one attached hydrogen (secondary N) is 2. The van der Waals surface area contributed by atoms with Gasteiger partial charge in [-0.05, 0) is 40.5 Å². The van der Waals surface area contributed by atoms with E-state index in [1.807, 2.05) is 19.1 Å². The Morgan fingerprint density at radius 3 is 2.70 bits per heavy atom. The molecular formula is C13H13BrCl2N4. The zero-order valence-electron chi connectivity index (χ0n) is 10.9. The summed E-state index contributed by atoms with van der Waals surface area (Å²) < 4.78 is 0.786. The van der Waals surface area contributed by atoms with Gasteiger partial charge in [0, 0.05) is 23.3 Å². The molecule has 7 heteroatoms. The number of benzene rings is 1. The van der Waals surface area contributed by atoms with E-state index in [2.05, 4.69) is 36.5 Å². The molecule has 20 heavy (non-hydrogen) atoms. The highest BCUT2D eigenvalue weighted by Crippen LogP contribution is 2.30. The summed E-state index contributed by atoms with van der Waals surface area (Å²) in [4.78, 5) is 8.47. The van der Waals surface area contributed by atoms with Crippen molar-refractivity contribution in [3.63, 3.8) is 0 Å². The van der Waals surface area contributed by atoms with Crippen LogP contribution in [0.25, 0.3) is 0 Å². The van der Waals surface area contributed by atoms with Gasteiger partial charge in [-0.25, -0.2) is 4.98 Å². The van der Waals surface area contributed by atoms with Gasteiger partial charge in [-0.1, -0.05) is 29.3 Å². The van der Waals surface area contributed by atoms with Gasteiger partial charge in [0.1, 0.15) is 5.82 Å². The molecule has 0 spiro atoms. The second kappa shape index (κ2) is 6.61. The van der Waals surface area contributed by atoms with Gasteiger partial charge in [-0.15, -0.1) is 0 Å². The molecule has 0 aliphatic heterocycles. The smallest absolute Gasteiger partial charge is 0.224 e. The molecule has 1 aromatic heterocycles. The lowest BCUT2D eigenvalue weighted by atomic mass is 10.1. The first kappa shape index (κ1) is 15.4. The van der Waals surface area contributed by atoms with Crippen LogP contribution in [0.15, 0.2) is 28.9 Å². The minimum Gasteiger partial charge on any atom is -0.362 e. The fourth-order valence-corrected chi connectivity index (χ4v) is 2.60. The number of hydrogen-bond acceptors (Lipinski definition) is 4.